The van der Waals surface area contributed by atoms with Crippen molar-refractivity contribution in [3.05, 3.63) is 75.3 Å². The van der Waals surface area contributed by atoms with E-state index in [9.17, 15) is 18.0 Å². The van der Waals surface area contributed by atoms with Crippen LogP contribution in [0.2, 0.25) is 0 Å². The minimum atomic E-state index is -4.29. The van der Waals surface area contributed by atoms with Gasteiger partial charge in [-0.05, 0) is 38.3 Å². The number of carbonyl (C=O) groups excluding carboxylic acids is 2. The molecule has 0 amide bonds. The lowest BCUT2D eigenvalue weighted by Gasteiger charge is -2.30. The summed E-state index contributed by atoms with van der Waals surface area (Å²) in [6.07, 6.45) is 3.74. The summed E-state index contributed by atoms with van der Waals surface area (Å²) in [7, 11) is -4.29. The molecular formula is C24H26N2O4S. The van der Waals surface area contributed by atoms with E-state index in [1.165, 1.54) is 6.07 Å². The quantitative estimate of drug-likeness (QED) is 0.773. The van der Waals surface area contributed by atoms with Crippen LogP contribution in [0.3, 0.4) is 0 Å². The van der Waals surface area contributed by atoms with E-state index in [-0.39, 0.29) is 16.8 Å². The molecule has 2 aromatic carbocycles. The Labute approximate surface area is 183 Å². The van der Waals surface area contributed by atoms with Crippen molar-refractivity contribution in [3.8, 4) is 0 Å². The predicted octanol–water partition coefficient (Wildman–Crippen LogP) is 4.21. The summed E-state index contributed by atoms with van der Waals surface area (Å²) >= 11 is 0. The van der Waals surface area contributed by atoms with Gasteiger partial charge in [-0.2, -0.15) is 0 Å². The van der Waals surface area contributed by atoms with Gasteiger partial charge in [0.05, 0.1) is 5.69 Å². The summed E-state index contributed by atoms with van der Waals surface area (Å²) in [5.41, 5.74) is 2.54. The maximum Gasteiger partial charge on any atom is 0.268 e. The van der Waals surface area contributed by atoms with Crippen molar-refractivity contribution in [1.82, 2.24) is 4.90 Å². The van der Waals surface area contributed by atoms with E-state index in [2.05, 4.69) is 4.72 Å². The molecular weight excluding hydrogens is 412 g/mol. The van der Waals surface area contributed by atoms with Gasteiger partial charge in [0.25, 0.3) is 10.0 Å². The molecule has 2 aromatic rings. The van der Waals surface area contributed by atoms with Crippen LogP contribution in [0.25, 0.3) is 0 Å². The lowest BCUT2D eigenvalue weighted by molar-refractivity contribution is 0.0947. The fourth-order valence-corrected chi connectivity index (χ4v) is 5.75. The molecule has 0 saturated carbocycles. The summed E-state index contributed by atoms with van der Waals surface area (Å²) in [5, 5.41) is 0. The van der Waals surface area contributed by atoms with Gasteiger partial charge in [0.15, 0.2) is 4.91 Å². The first kappa shape index (κ1) is 21.3. The van der Waals surface area contributed by atoms with Crippen molar-refractivity contribution in [1.29, 1.82) is 0 Å². The third-order valence-corrected chi connectivity index (χ3v) is 7.27. The van der Waals surface area contributed by atoms with E-state index in [1.54, 1.807) is 42.2 Å². The minimum absolute atomic E-state index is 0.00265. The van der Waals surface area contributed by atoms with Crippen LogP contribution in [-0.2, 0) is 10.0 Å². The molecule has 1 aliphatic heterocycles. The Kier molecular flexibility index (Phi) is 5.71. The van der Waals surface area contributed by atoms with Crippen LogP contribution in [0.1, 0.15) is 57.5 Å². The number of likely N-dealkylation sites (tertiary alicyclic amines) is 1. The predicted molar refractivity (Wildman–Crippen MR) is 121 cm³/mol. The molecule has 6 nitrogen and oxygen atoms in total. The lowest BCUT2D eigenvalue weighted by atomic mass is 9.91. The Morgan fingerprint density at radius 1 is 0.839 bits per heavy atom. The van der Waals surface area contributed by atoms with Gasteiger partial charge in [-0.1, -0.05) is 54.8 Å². The molecule has 1 aliphatic carbocycles. The topological polar surface area (TPSA) is 83.6 Å². The number of carbonyl (C=O) groups is 2. The van der Waals surface area contributed by atoms with Crippen molar-refractivity contribution in [2.45, 2.75) is 39.5 Å². The van der Waals surface area contributed by atoms with Gasteiger partial charge in [0.1, 0.15) is 5.70 Å². The largest absolute Gasteiger partial charge is 0.367 e. The second kappa shape index (κ2) is 8.30. The molecule has 0 atom stereocenters. The maximum absolute atomic E-state index is 13.5. The maximum atomic E-state index is 13.5. The summed E-state index contributed by atoms with van der Waals surface area (Å²) in [5.74, 6) is -1.04. The zero-order chi connectivity index (χ0) is 22.2. The van der Waals surface area contributed by atoms with Gasteiger partial charge < -0.3 is 4.90 Å². The molecule has 0 bridgehead atoms. The number of hydrogen-bond donors (Lipinski definition) is 1. The third kappa shape index (κ3) is 4.02. The second-order valence-corrected chi connectivity index (χ2v) is 9.83. The van der Waals surface area contributed by atoms with Crippen LogP contribution in [0.15, 0.2) is 53.1 Å². The van der Waals surface area contributed by atoms with Crippen molar-refractivity contribution < 1.29 is 18.0 Å². The molecule has 1 saturated heterocycles. The van der Waals surface area contributed by atoms with Crippen LogP contribution in [-0.4, -0.2) is 38.0 Å². The van der Waals surface area contributed by atoms with Crippen molar-refractivity contribution in [2.24, 2.45) is 0 Å². The number of allylic oxidation sites excluding steroid dienone is 2. The molecule has 1 N–H and O–H groups in total. The van der Waals surface area contributed by atoms with E-state index in [0.29, 0.717) is 18.8 Å². The zero-order valence-electron chi connectivity index (χ0n) is 17.8. The number of benzene rings is 2. The van der Waals surface area contributed by atoms with E-state index in [0.717, 1.165) is 36.8 Å². The molecule has 0 aromatic heterocycles. The molecule has 4 rings (SSSR count). The molecule has 0 radical (unpaired) electrons. The fourth-order valence-electron chi connectivity index (χ4n) is 4.29. The molecule has 0 spiro atoms. The number of Topliss-reactive ketones (excluding diaryl/α,β-unsaturated/α-hetero) is 2. The number of ketones is 2. The van der Waals surface area contributed by atoms with E-state index in [4.69, 9.17) is 0 Å². The molecule has 162 valence electrons. The first-order valence-corrected chi connectivity index (χ1v) is 12.1. The van der Waals surface area contributed by atoms with Crippen LogP contribution >= 0.6 is 0 Å². The molecule has 31 heavy (non-hydrogen) atoms. The summed E-state index contributed by atoms with van der Waals surface area (Å²) in [6, 6.07) is 11.8. The number of nitrogens with zero attached hydrogens (tertiary/aromatic N) is 1. The first-order chi connectivity index (χ1) is 14.8. The zero-order valence-corrected chi connectivity index (χ0v) is 18.6. The Hall–Kier alpha value is -2.93. The normalized spacial score (nSPS) is 17.4. The lowest BCUT2D eigenvalue weighted by Crippen LogP contribution is -2.38. The number of rotatable bonds is 4. The Morgan fingerprint density at radius 3 is 2.06 bits per heavy atom. The standard InChI is InChI=1S/C24H26N2O4S/c1-16-11-12-20(17(2)15-16)25-31(29,30)24-21(26-13-7-3-4-8-14-26)22(27)18-9-5-6-10-19(18)23(24)28/h5-6,9-12,15,25H,3-4,7-8,13-14H2,1-2H3. The smallest absolute Gasteiger partial charge is 0.268 e. The Bertz CT molecular complexity index is 1190. The van der Waals surface area contributed by atoms with E-state index in [1.807, 2.05) is 13.0 Å². The average Bonchev–Trinajstić information content (AvgIpc) is 3.02. The van der Waals surface area contributed by atoms with Gasteiger partial charge in [0, 0.05) is 24.2 Å². The average molecular weight is 439 g/mol. The molecule has 0 unspecified atom stereocenters. The number of anilines is 1. The van der Waals surface area contributed by atoms with Gasteiger partial charge in [-0.15, -0.1) is 0 Å². The highest BCUT2D eigenvalue weighted by Gasteiger charge is 2.41. The fraction of sp³-hybridized carbons (Fsp3) is 0.333. The van der Waals surface area contributed by atoms with E-state index >= 15 is 0 Å². The molecule has 2 aliphatic rings. The van der Waals surface area contributed by atoms with Gasteiger partial charge in [-0.25, -0.2) is 8.42 Å². The van der Waals surface area contributed by atoms with E-state index < -0.39 is 26.5 Å². The number of fused-ring (bicyclic) bond motifs is 1. The third-order valence-electron chi connectivity index (χ3n) is 5.87. The monoisotopic (exact) mass is 438 g/mol. The van der Waals surface area contributed by atoms with Crippen LogP contribution in [0.4, 0.5) is 5.69 Å². The number of nitrogens with one attached hydrogen (secondary N) is 1. The molecule has 1 fully saturated rings. The van der Waals surface area contributed by atoms with Crippen LogP contribution < -0.4 is 4.72 Å². The number of hydrogen-bond acceptors (Lipinski definition) is 5. The van der Waals surface area contributed by atoms with Gasteiger partial charge in [-0.3, -0.25) is 14.3 Å². The summed E-state index contributed by atoms with van der Waals surface area (Å²) in [6.45, 7) is 4.84. The van der Waals surface area contributed by atoms with Crippen molar-refractivity contribution in [3.63, 3.8) is 0 Å². The van der Waals surface area contributed by atoms with Crippen molar-refractivity contribution in [2.75, 3.05) is 17.8 Å². The number of sulfonamides is 1. The molecule has 1 heterocycles. The number of aryl methyl sites for hydroxylation is 2. The highest BCUT2D eigenvalue weighted by atomic mass is 32.2. The van der Waals surface area contributed by atoms with Crippen molar-refractivity contribution >= 4 is 27.3 Å². The SMILES string of the molecule is Cc1ccc(NS(=O)(=O)C2=C(N3CCCCCC3)C(=O)c3ccccc3C2=O)c(C)c1. The minimum Gasteiger partial charge on any atom is -0.367 e. The highest BCUT2D eigenvalue weighted by molar-refractivity contribution is 7.97. The Morgan fingerprint density at radius 2 is 1.45 bits per heavy atom. The second-order valence-electron chi connectivity index (χ2n) is 8.21. The van der Waals surface area contributed by atoms with Gasteiger partial charge >= 0.3 is 0 Å². The van der Waals surface area contributed by atoms with Crippen LogP contribution in [0, 0.1) is 13.8 Å². The summed E-state index contributed by atoms with van der Waals surface area (Å²) in [4.78, 5) is 28.2. The highest BCUT2D eigenvalue weighted by Crippen LogP contribution is 2.33. The summed E-state index contributed by atoms with van der Waals surface area (Å²) < 4.78 is 29.6. The van der Waals surface area contributed by atoms with Crippen LogP contribution in [0.5, 0.6) is 0 Å². The van der Waals surface area contributed by atoms with Gasteiger partial charge in [0.2, 0.25) is 11.6 Å². The molecule has 7 heteroatoms. The Balaban J connectivity index is 1.87. The first-order valence-electron chi connectivity index (χ1n) is 10.6.